The second-order valence-corrected chi connectivity index (χ2v) is 8.34. The molecule has 1 fully saturated rings. The van der Waals surface area contributed by atoms with Crippen molar-refractivity contribution in [3.05, 3.63) is 54.0 Å². The molecule has 7 nitrogen and oxygen atoms in total. The lowest BCUT2D eigenvalue weighted by Crippen LogP contribution is -2.39. The number of aryl methyl sites for hydroxylation is 1. The summed E-state index contributed by atoms with van der Waals surface area (Å²) in [7, 11) is 0. The Morgan fingerprint density at radius 3 is 2.68 bits per heavy atom. The Hall–Kier alpha value is -3.19. The van der Waals surface area contributed by atoms with Crippen LogP contribution < -0.4 is 21.1 Å². The van der Waals surface area contributed by atoms with Crippen LogP contribution in [0, 0.1) is 6.92 Å². The Kier molecular flexibility index (Phi) is 5.19. The molecule has 3 aromatic rings. The minimum Gasteiger partial charge on any atom is -0.480 e. The van der Waals surface area contributed by atoms with Crippen LogP contribution in [0.4, 0.5) is 17.5 Å². The standard InChI is InChI=1S/C24H28N6O/c1-16-6-5-7-18-19-15-28-23(29-20-9-8-17(14-27-20)26-13-12-25)30-22(19)24(31-21(16)18)10-3-2-4-11-24/h5-9,14-15,26H,2-4,10-13,25H2,1H3,(H,27,28,29,30). The molecule has 31 heavy (non-hydrogen) atoms. The molecule has 4 N–H and O–H groups in total. The Labute approximate surface area is 182 Å². The van der Waals surface area contributed by atoms with Crippen molar-refractivity contribution in [2.45, 2.75) is 44.6 Å². The van der Waals surface area contributed by atoms with E-state index >= 15 is 0 Å². The van der Waals surface area contributed by atoms with Gasteiger partial charge in [0.15, 0.2) is 5.60 Å². The van der Waals surface area contributed by atoms with Crippen molar-refractivity contribution in [1.82, 2.24) is 15.0 Å². The lowest BCUT2D eigenvalue weighted by atomic mass is 9.77. The Balaban J connectivity index is 1.50. The molecule has 0 atom stereocenters. The first-order valence-electron chi connectivity index (χ1n) is 11.0. The van der Waals surface area contributed by atoms with E-state index in [-0.39, 0.29) is 5.60 Å². The smallest absolute Gasteiger partial charge is 0.228 e. The first-order valence-corrected chi connectivity index (χ1v) is 11.0. The number of aromatic nitrogens is 3. The Morgan fingerprint density at radius 2 is 1.90 bits per heavy atom. The fraction of sp³-hybridized carbons (Fsp3) is 0.375. The Morgan fingerprint density at radius 1 is 1.03 bits per heavy atom. The number of nitrogens with zero attached hydrogens (tertiary/aromatic N) is 3. The molecule has 2 aliphatic rings. The summed E-state index contributed by atoms with van der Waals surface area (Å²) < 4.78 is 6.72. The van der Waals surface area contributed by atoms with Crippen molar-refractivity contribution < 1.29 is 4.74 Å². The number of anilines is 3. The largest absolute Gasteiger partial charge is 0.480 e. The number of rotatable bonds is 5. The van der Waals surface area contributed by atoms with E-state index in [1.54, 1.807) is 6.20 Å². The van der Waals surface area contributed by atoms with E-state index in [1.165, 1.54) is 6.42 Å². The van der Waals surface area contributed by atoms with Crippen LogP contribution in [-0.2, 0) is 5.60 Å². The van der Waals surface area contributed by atoms with Crippen LogP contribution in [0.5, 0.6) is 5.75 Å². The van der Waals surface area contributed by atoms with Crippen LogP contribution in [0.15, 0.2) is 42.7 Å². The first-order chi connectivity index (χ1) is 15.2. The van der Waals surface area contributed by atoms with Gasteiger partial charge in [0.1, 0.15) is 11.6 Å². The maximum absolute atomic E-state index is 6.72. The number of pyridine rings is 1. The van der Waals surface area contributed by atoms with Crippen molar-refractivity contribution in [3.63, 3.8) is 0 Å². The number of nitrogens with one attached hydrogen (secondary N) is 2. The van der Waals surface area contributed by atoms with E-state index in [1.807, 2.05) is 18.3 Å². The summed E-state index contributed by atoms with van der Waals surface area (Å²) in [6.07, 6.45) is 9.19. The zero-order valence-corrected chi connectivity index (χ0v) is 17.8. The highest BCUT2D eigenvalue weighted by molar-refractivity contribution is 5.77. The van der Waals surface area contributed by atoms with E-state index < -0.39 is 0 Å². The molecule has 1 aliphatic carbocycles. The number of nitrogens with two attached hydrogens (primary N) is 1. The molecular formula is C24H28N6O. The highest BCUT2D eigenvalue weighted by Gasteiger charge is 2.44. The molecular weight excluding hydrogens is 388 g/mol. The van der Waals surface area contributed by atoms with Gasteiger partial charge in [-0.1, -0.05) is 24.6 Å². The zero-order valence-electron chi connectivity index (χ0n) is 17.8. The fourth-order valence-corrected chi connectivity index (χ4v) is 4.60. The van der Waals surface area contributed by atoms with Crippen LogP contribution in [0.3, 0.4) is 0 Å². The van der Waals surface area contributed by atoms with Gasteiger partial charge in [-0.25, -0.2) is 15.0 Å². The van der Waals surface area contributed by atoms with Gasteiger partial charge in [-0.15, -0.1) is 0 Å². The van der Waals surface area contributed by atoms with Crippen molar-refractivity contribution in [1.29, 1.82) is 0 Å². The van der Waals surface area contributed by atoms with E-state index in [0.29, 0.717) is 24.9 Å². The summed E-state index contributed by atoms with van der Waals surface area (Å²) in [6, 6.07) is 10.1. The average Bonchev–Trinajstić information content (AvgIpc) is 2.80. The van der Waals surface area contributed by atoms with Gasteiger partial charge < -0.3 is 21.1 Å². The summed E-state index contributed by atoms with van der Waals surface area (Å²) in [5.74, 6) is 2.21. The minimum absolute atomic E-state index is 0.379. The molecule has 1 aromatic carbocycles. The summed E-state index contributed by atoms with van der Waals surface area (Å²) in [5, 5.41) is 6.47. The molecule has 0 bridgehead atoms. The lowest BCUT2D eigenvalue weighted by Gasteiger charge is -2.42. The predicted octanol–water partition coefficient (Wildman–Crippen LogP) is 4.51. The molecule has 0 amide bonds. The van der Waals surface area contributed by atoms with Gasteiger partial charge in [-0.3, -0.25) is 0 Å². The molecule has 7 heteroatoms. The predicted molar refractivity (Wildman–Crippen MR) is 123 cm³/mol. The number of para-hydroxylation sites is 1. The average molecular weight is 417 g/mol. The normalized spacial score (nSPS) is 16.2. The van der Waals surface area contributed by atoms with Gasteiger partial charge in [-0.2, -0.15) is 0 Å². The van der Waals surface area contributed by atoms with Crippen LogP contribution in [0.25, 0.3) is 11.1 Å². The van der Waals surface area contributed by atoms with Gasteiger partial charge in [0.05, 0.1) is 17.6 Å². The van der Waals surface area contributed by atoms with Gasteiger partial charge in [0.2, 0.25) is 5.95 Å². The van der Waals surface area contributed by atoms with Crippen LogP contribution in [0.2, 0.25) is 0 Å². The third-order valence-corrected chi connectivity index (χ3v) is 6.16. The quantitative estimate of drug-likeness (QED) is 0.563. The molecule has 0 radical (unpaired) electrons. The number of hydrogen-bond acceptors (Lipinski definition) is 7. The molecule has 0 unspecified atom stereocenters. The summed E-state index contributed by atoms with van der Waals surface area (Å²) in [5.41, 5.74) is 10.4. The van der Waals surface area contributed by atoms with Crippen molar-refractivity contribution in [2.24, 2.45) is 5.73 Å². The first kappa shape index (κ1) is 19.8. The van der Waals surface area contributed by atoms with E-state index in [4.69, 9.17) is 15.5 Å². The number of fused-ring (bicyclic) bond motifs is 4. The summed E-state index contributed by atoms with van der Waals surface area (Å²) >= 11 is 0. The van der Waals surface area contributed by atoms with E-state index in [2.05, 4.69) is 45.7 Å². The summed E-state index contributed by atoms with van der Waals surface area (Å²) in [4.78, 5) is 14.0. The SMILES string of the molecule is Cc1cccc2c1OC1(CCCCC1)c1nc(Nc3ccc(NCCN)cn3)ncc1-2. The zero-order chi connectivity index (χ0) is 21.3. The number of ether oxygens (including phenoxy) is 1. The maximum atomic E-state index is 6.72. The van der Waals surface area contributed by atoms with Crippen molar-refractivity contribution in [2.75, 3.05) is 23.7 Å². The topological polar surface area (TPSA) is 98.0 Å². The molecule has 3 heterocycles. The molecule has 1 saturated carbocycles. The maximum Gasteiger partial charge on any atom is 0.228 e. The van der Waals surface area contributed by atoms with Crippen LogP contribution in [-0.4, -0.2) is 28.0 Å². The highest BCUT2D eigenvalue weighted by atomic mass is 16.5. The molecule has 160 valence electrons. The van der Waals surface area contributed by atoms with Gasteiger partial charge in [0, 0.05) is 30.4 Å². The van der Waals surface area contributed by atoms with E-state index in [0.717, 1.165) is 59.5 Å². The lowest BCUT2D eigenvalue weighted by molar-refractivity contribution is 0.0191. The molecule has 0 saturated heterocycles. The number of hydrogen-bond donors (Lipinski definition) is 3. The minimum atomic E-state index is -0.379. The van der Waals surface area contributed by atoms with Gasteiger partial charge in [-0.05, 0) is 50.3 Å². The summed E-state index contributed by atoms with van der Waals surface area (Å²) in [6.45, 7) is 3.40. The molecule has 1 aliphatic heterocycles. The van der Waals surface area contributed by atoms with Crippen molar-refractivity contribution >= 4 is 17.5 Å². The molecule has 2 aromatic heterocycles. The van der Waals surface area contributed by atoms with Gasteiger partial charge >= 0.3 is 0 Å². The van der Waals surface area contributed by atoms with Crippen LogP contribution in [0.1, 0.15) is 43.4 Å². The number of benzene rings is 1. The Bertz CT molecular complexity index is 1080. The monoisotopic (exact) mass is 416 g/mol. The third kappa shape index (κ3) is 3.70. The molecule has 1 spiro atoms. The van der Waals surface area contributed by atoms with E-state index in [9.17, 15) is 0 Å². The highest BCUT2D eigenvalue weighted by Crippen LogP contribution is 2.51. The fourth-order valence-electron chi connectivity index (χ4n) is 4.60. The second-order valence-electron chi connectivity index (χ2n) is 8.34. The van der Waals surface area contributed by atoms with Crippen LogP contribution >= 0.6 is 0 Å². The second kappa shape index (κ2) is 8.15. The van der Waals surface area contributed by atoms with Gasteiger partial charge in [0.25, 0.3) is 0 Å². The third-order valence-electron chi connectivity index (χ3n) is 6.16. The molecule has 5 rings (SSSR count). The van der Waals surface area contributed by atoms with Crippen molar-refractivity contribution in [3.8, 4) is 16.9 Å².